The van der Waals surface area contributed by atoms with Crippen molar-refractivity contribution >= 4 is 23.5 Å². The predicted molar refractivity (Wildman–Crippen MR) is 104 cm³/mol. The Balaban J connectivity index is 7.32. The molecule has 0 aliphatic carbocycles. The summed E-state index contributed by atoms with van der Waals surface area (Å²) in [5.74, 6) is -4.44. The van der Waals surface area contributed by atoms with E-state index in [1.165, 1.54) is 13.8 Å². The van der Waals surface area contributed by atoms with Crippen molar-refractivity contribution in [1.29, 1.82) is 0 Å². The van der Waals surface area contributed by atoms with Gasteiger partial charge in [-0.3, -0.25) is 0 Å². The number of Topliss-reactive ketones (excluding diaryl/α,β-unsaturated/α-hetero) is 2. The van der Waals surface area contributed by atoms with Crippen molar-refractivity contribution in [1.82, 2.24) is 0 Å². The number of carbonyl (C=O) groups excluding carboxylic acids is 2. The number of ketones is 2. The molecule has 8 nitrogen and oxygen atoms in total. The molecule has 0 aliphatic rings. The van der Waals surface area contributed by atoms with Crippen LogP contribution >= 0.6 is 0 Å². The fraction of sp³-hybridized carbons (Fsp3) is 0.800. The van der Waals surface area contributed by atoms with Crippen LogP contribution in [0.1, 0.15) is 80.1 Å². The molecule has 2 atom stereocenters. The van der Waals surface area contributed by atoms with E-state index in [4.69, 9.17) is 6.64 Å². The van der Waals surface area contributed by atoms with Crippen molar-refractivity contribution < 1.29 is 53.4 Å². The van der Waals surface area contributed by atoms with Gasteiger partial charge in [-0.2, -0.15) is 0 Å². The average molecular weight is 452 g/mol. The van der Waals surface area contributed by atoms with Gasteiger partial charge in [-0.1, -0.05) is 0 Å². The molecule has 0 aromatic carbocycles. The van der Waals surface area contributed by atoms with E-state index >= 15 is 0 Å². The third kappa shape index (κ3) is 4.81. The van der Waals surface area contributed by atoms with Crippen LogP contribution < -0.4 is 0 Å². The summed E-state index contributed by atoms with van der Waals surface area (Å²) in [4.78, 5) is 50.9. The fourth-order valence-electron chi connectivity index (χ4n) is 3.93. The number of rotatable bonds is 16. The topological polar surface area (TPSA) is 127 Å². The number of carboxylic acids is 2. The molecule has 2 N–H and O–H groups in total. The number of hydrogen-bond acceptors (Lipinski definition) is 6. The van der Waals surface area contributed by atoms with E-state index in [-0.39, 0.29) is 26.1 Å². The van der Waals surface area contributed by atoms with Crippen LogP contribution in [0, 0.1) is 0 Å². The van der Waals surface area contributed by atoms with Gasteiger partial charge in [-0.15, -0.1) is 0 Å². The molecule has 9 heteroatoms. The third-order valence-corrected chi connectivity index (χ3v) is 14.0. The molecule has 0 radical (unpaired) electrons. The quantitative estimate of drug-likeness (QED) is 0.204. The minimum absolute atomic E-state index is 0.0350. The molecule has 0 amide bonds. The van der Waals surface area contributed by atoms with Crippen molar-refractivity contribution in [2.75, 3.05) is 13.2 Å². The van der Waals surface area contributed by atoms with Gasteiger partial charge in [0.05, 0.1) is 0 Å². The summed E-state index contributed by atoms with van der Waals surface area (Å²) in [6.07, 6.45) is 2.06. The van der Waals surface area contributed by atoms with Crippen LogP contribution in [0.5, 0.6) is 0 Å². The van der Waals surface area contributed by atoms with Gasteiger partial charge in [0.2, 0.25) is 0 Å². The van der Waals surface area contributed by atoms with Crippen LogP contribution in [0.25, 0.3) is 0 Å². The molecule has 0 spiro atoms. The molecule has 0 bridgehead atoms. The van der Waals surface area contributed by atoms with Crippen molar-refractivity contribution in [2.24, 2.45) is 0 Å². The Hall–Kier alpha value is -1.09. The first-order chi connectivity index (χ1) is 13.5. The summed E-state index contributed by atoms with van der Waals surface area (Å²) in [6, 6.07) is 0. The van der Waals surface area contributed by atoms with Crippen molar-refractivity contribution in [3.63, 3.8) is 0 Å². The second-order valence-electron chi connectivity index (χ2n) is 7.26. The van der Waals surface area contributed by atoms with Crippen LogP contribution in [0.4, 0.5) is 0 Å². The Morgan fingerprint density at radius 3 is 1.21 bits per heavy atom. The summed E-state index contributed by atoms with van der Waals surface area (Å²) in [6.45, 7) is 9.12. The Labute approximate surface area is 177 Å². The second kappa shape index (κ2) is 11.9. The van der Waals surface area contributed by atoms with Crippen LogP contribution in [0.2, 0.25) is 7.44 Å². The van der Waals surface area contributed by atoms with E-state index in [1.807, 2.05) is 13.8 Å². The van der Waals surface area contributed by atoms with E-state index in [0.717, 1.165) is 13.8 Å². The van der Waals surface area contributed by atoms with E-state index in [0.29, 0.717) is 25.7 Å². The first-order valence-electron chi connectivity index (χ1n) is 10.3. The summed E-state index contributed by atoms with van der Waals surface area (Å²) in [5.41, 5.74) is 0. The van der Waals surface area contributed by atoms with Crippen LogP contribution in [0.15, 0.2) is 0 Å². The number of carbonyl (C=O) groups is 4. The van der Waals surface area contributed by atoms with Gasteiger partial charge in [-0.25, -0.2) is 0 Å². The maximum atomic E-state index is 12.9. The predicted octanol–water partition coefficient (Wildman–Crippen LogP) is 4.09. The Morgan fingerprint density at radius 2 is 1.03 bits per heavy atom. The van der Waals surface area contributed by atoms with Gasteiger partial charge in [0.1, 0.15) is 0 Å². The van der Waals surface area contributed by atoms with Gasteiger partial charge in [0, 0.05) is 0 Å². The zero-order chi connectivity index (χ0) is 22.9. The normalized spacial score (nSPS) is 15.9. The Kier molecular flexibility index (Phi) is 11.5. The zero-order valence-electron chi connectivity index (χ0n) is 18.5. The van der Waals surface area contributed by atoms with Gasteiger partial charge >= 0.3 is 178 Å². The number of unbranched alkanes of at least 4 members (excludes halogenated alkanes) is 2. The van der Waals surface area contributed by atoms with Crippen LogP contribution in [0.3, 0.4) is 0 Å². The van der Waals surface area contributed by atoms with Crippen LogP contribution in [-0.2, 0) is 43.2 Å². The van der Waals surface area contributed by atoms with Gasteiger partial charge in [0.25, 0.3) is 0 Å². The standard InChI is InChI=1S/2C6H9O3.2C4H9O.Ti/c2*1-3-5(4(2)7)6(8)9;2*1-2-3-4-5;/h2*3H2,1-2H3,(H,8,9);2*2-4H2,1H3;/q;;2*-1;+2. The van der Waals surface area contributed by atoms with Crippen molar-refractivity contribution in [3.8, 4) is 0 Å². The molecular formula is C20H36O8Ti. The number of aliphatic carboxylic acids is 2. The second-order valence-corrected chi connectivity index (χ2v) is 12.8. The molecule has 168 valence electrons. The molecule has 0 saturated carbocycles. The molecule has 0 aromatic heterocycles. The average Bonchev–Trinajstić information content (AvgIpc) is 2.62. The van der Waals surface area contributed by atoms with E-state index in [1.54, 1.807) is 0 Å². The number of carboxylic acid groups (broad SMARTS) is 2. The first kappa shape index (κ1) is 27.9. The monoisotopic (exact) mass is 452 g/mol. The number of hydrogen-bond donors (Lipinski definition) is 2. The molecule has 0 aliphatic heterocycles. The van der Waals surface area contributed by atoms with Gasteiger partial charge < -0.3 is 0 Å². The van der Waals surface area contributed by atoms with E-state index in [9.17, 15) is 29.4 Å². The van der Waals surface area contributed by atoms with Crippen molar-refractivity contribution in [3.05, 3.63) is 0 Å². The molecule has 0 heterocycles. The summed E-state index contributed by atoms with van der Waals surface area (Å²) in [5, 5.41) is 20.5. The first-order valence-corrected chi connectivity index (χ1v) is 13.1. The van der Waals surface area contributed by atoms with Crippen molar-refractivity contribution in [2.45, 2.75) is 87.5 Å². The minimum atomic E-state index is -5.31. The maximum absolute atomic E-state index is 12.9. The SMILES string of the molecule is CCCC[O][Ti]([O]CCCC)([C](CC)(C(C)=O)C(=O)O)[C](CC)(C(C)=O)C(=O)O. The molecule has 29 heavy (non-hydrogen) atoms. The zero-order valence-corrected chi connectivity index (χ0v) is 20.1. The van der Waals surface area contributed by atoms with Gasteiger partial charge in [0.15, 0.2) is 0 Å². The Morgan fingerprint density at radius 1 is 0.724 bits per heavy atom. The molecule has 2 unspecified atom stereocenters. The van der Waals surface area contributed by atoms with Crippen LogP contribution in [-0.4, -0.2) is 46.9 Å². The van der Waals surface area contributed by atoms with Gasteiger partial charge in [-0.05, 0) is 0 Å². The summed E-state index contributed by atoms with van der Waals surface area (Å²) in [7, 11) is 0. The molecule has 0 fully saturated rings. The summed E-state index contributed by atoms with van der Waals surface area (Å²) < 4.78 is 7.92. The summed E-state index contributed by atoms with van der Waals surface area (Å²) >= 11 is -5.31. The molecule has 0 aromatic rings. The van der Waals surface area contributed by atoms with E-state index in [2.05, 4.69) is 0 Å². The molecule has 0 saturated heterocycles. The third-order valence-electron chi connectivity index (χ3n) is 5.72. The fourth-order valence-corrected chi connectivity index (χ4v) is 11.9. The van der Waals surface area contributed by atoms with E-state index < -0.39 is 48.3 Å². The molecule has 0 rings (SSSR count). The molecular weight excluding hydrogens is 416 g/mol. The Bertz CT molecular complexity index is 521.